The third-order valence-electron chi connectivity index (χ3n) is 8.39. The minimum absolute atomic E-state index is 0.155. The Balaban J connectivity index is 1.94. The molecule has 1 atom stereocenters. The third kappa shape index (κ3) is 8.50. The van der Waals surface area contributed by atoms with E-state index in [9.17, 15) is 25.9 Å². The molecule has 1 heterocycles. The van der Waals surface area contributed by atoms with Gasteiger partial charge < -0.3 is 19.1 Å². The highest BCUT2D eigenvalue weighted by atomic mass is 32.2. The number of nitrogens with zero attached hydrogens (tertiary/aromatic N) is 1. The number of fused-ring (bicyclic) bond motifs is 1. The fourth-order valence-electron chi connectivity index (χ4n) is 5.66. The fraction of sp³-hybridized carbons (Fsp3) is 0.455. The van der Waals surface area contributed by atoms with Gasteiger partial charge in [0, 0.05) is 42.5 Å². The Bertz CT molecular complexity index is 1660. The predicted octanol–water partition coefficient (Wildman–Crippen LogP) is 5.63. The molecule has 0 spiro atoms. The van der Waals surface area contributed by atoms with E-state index in [0.717, 1.165) is 22.5 Å². The van der Waals surface area contributed by atoms with Crippen LogP contribution < -0.4 is 4.90 Å². The van der Waals surface area contributed by atoms with Crippen LogP contribution >= 0.6 is 0 Å². The molecule has 0 fully saturated rings. The predicted molar refractivity (Wildman–Crippen MR) is 175 cm³/mol. The van der Waals surface area contributed by atoms with Gasteiger partial charge in [-0.25, -0.2) is 0 Å². The SMILES string of the molecule is C=C(/C=C/C=C1/N(CC)c2ccc(S(=O)(=O)O)cc2C1(C)C)C(C)(CCOCCOCCOC)c1cc(S(=O)(=O)O)ccc1C. The smallest absolute Gasteiger partial charge is 0.294 e. The van der Waals surface area contributed by atoms with Crippen molar-refractivity contribution >= 4 is 25.9 Å². The van der Waals surface area contributed by atoms with E-state index in [4.69, 9.17) is 14.2 Å². The molecule has 0 aromatic heterocycles. The van der Waals surface area contributed by atoms with Crippen molar-refractivity contribution in [1.82, 2.24) is 0 Å². The Morgan fingerprint density at radius 1 is 0.956 bits per heavy atom. The lowest BCUT2D eigenvalue weighted by molar-refractivity contribution is 0.0219. The van der Waals surface area contributed by atoms with E-state index in [1.807, 2.05) is 52.8 Å². The molecular formula is C33H45NO9S2. The second-order valence-corrected chi connectivity index (χ2v) is 14.6. The van der Waals surface area contributed by atoms with Crippen molar-refractivity contribution in [3.63, 3.8) is 0 Å². The quantitative estimate of drug-likeness (QED) is 0.132. The van der Waals surface area contributed by atoms with Crippen molar-refractivity contribution in [2.75, 3.05) is 51.6 Å². The molecule has 1 unspecified atom stereocenters. The number of methoxy groups -OCH3 is 1. The van der Waals surface area contributed by atoms with Crippen molar-refractivity contribution in [3.8, 4) is 0 Å². The van der Waals surface area contributed by atoms with Crippen LogP contribution in [0.5, 0.6) is 0 Å². The molecule has 12 heteroatoms. The van der Waals surface area contributed by atoms with Gasteiger partial charge in [0.25, 0.3) is 20.2 Å². The van der Waals surface area contributed by atoms with Crippen LogP contribution in [-0.4, -0.2) is 72.6 Å². The van der Waals surface area contributed by atoms with Gasteiger partial charge in [-0.15, -0.1) is 0 Å². The lowest BCUT2D eigenvalue weighted by atomic mass is 9.72. The first kappa shape index (κ1) is 36.6. The standard InChI is InChI=1S/C33H45NO9S2/c1-8-34-30-15-14-27(45(38,39)40)23-29(30)32(4,5)31(34)11-9-10-25(3)33(6,16-17-42-20-21-43-19-18-41-7)28-22-26(44(35,36)37)13-12-24(28)2/h9-15,22-23H,3,8,16-21H2,1-2,4-7H3,(H,35,36,37)(H,38,39,40)/b10-9+,31-11+. The van der Waals surface area contributed by atoms with Crippen LogP contribution in [0, 0.1) is 6.92 Å². The first-order valence-electron chi connectivity index (χ1n) is 14.7. The summed E-state index contributed by atoms with van der Waals surface area (Å²) in [6, 6.07) is 9.14. The van der Waals surface area contributed by atoms with Gasteiger partial charge in [0.2, 0.25) is 0 Å². The summed E-state index contributed by atoms with van der Waals surface area (Å²) in [5.41, 5.74) is 3.46. The Hall–Kier alpha value is -2.84. The Kier molecular flexibility index (Phi) is 12.0. The first-order chi connectivity index (χ1) is 21.0. The van der Waals surface area contributed by atoms with Gasteiger partial charge >= 0.3 is 0 Å². The molecule has 0 saturated carbocycles. The second-order valence-electron chi connectivity index (χ2n) is 11.7. The molecular weight excluding hydrogens is 618 g/mol. The maximum atomic E-state index is 12.0. The minimum atomic E-state index is -4.43. The van der Waals surface area contributed by atoms with Crippen molar-refractivity contribution in [2.24, 2.45) is 0 Å². The van der Waals surface area contributed by atoms with E-state index in [2.05, 4.69) is 11.5 Å². The fourth-order valence-corrected chi connectivity index (χ4v) is 6.67. The minimum Gasteiger partial charge on any atom is -0.382 e. The molecule has 1 aliphatic rings. The summed E-state index contributed by atoms with van der Waals surface area (Å²) in [6.45, 7) is 16.9. The topological polar surface area (TPSA) is 140 Å². The first-order valence-corrected chi connectivity index (χ1v) is 17.6. The van der Waals surface area contributed by atoms with Crippen LogP contribution in [0.1, 0.15) is 50.8 Å². The van der Waals surface area contributed by atoms with Gasteiger partial charge in [-0.05, 0) is 78.9 Å². The average molecular weight is 664 g/mol. The number of hydrogen-bond acceptors (Lipinski definition) is 8. The van der Waals surface area contributed by atoms with Gasteiger partial charge in [0.1, 0.15) is 0 Å². The second kappa shape index (κ2) is 14.7. The highest BCUT2D eigenvalue weighted by molar-refractivity contribution is 7.86. The largest absolute Gasteiger partial charge is 0.382 e. The van der Waals surface area contributed by atoms with Crippen LogP contribution in [0.15, 0.2) is 82.3 Å². The summed E-state index contributed by atoms with van der Waals surface area (Å²) in [6.07, 6.45) is 6.17. The number of aryl methyl sites for hydroxylation is 1. The highest BCUT2D eigenvalue weighted by Crippen LogP contribution is 2.48. The lowest BCUT2D eigenvalue weighted by Gasteiger charge is -2.33. The molecule has 0 amide bonds. The summed E-state index contributed by atoms with van der Waals surface area (Å²) in [4.78, 5) is 1.74. The molecule has 248 valence electrons. The molecule has 0 bridgehead atoms. The van der Waals surface area contributed by atoms with Crippen molar-refractivity contribution in [3.05, 3.63) is 89.2 Å². The summed E-state index contributed by atoms with van der Waals surface area (Å²) in [5.74, 6) is 0. The molecule has 2 aromatic rings. The number of benzene rings is 2. The third-order valence-corrected chi connectivity index (χ3v) is 10.1. The Morgan fingerprint density at radius 3 is 2.13 bits per heavy atom. The van der Waals surface area contributed by atoms with Crippen molar-refractivity contribution in [2.45, 2.75) is 61.7 Å². The number of hydrogen-bond donors (Lipinski definition) is 2. The Labute approximate surface area is 267 Å². The lowest BCUT2D eigenvalue weighted by Crippen LogP contribution is -2.28. The number of rotatable bonds is 16. The van der Waals surface area contributed by atoms with Gasteiger partial charge in [-0.1, -0.05) is 45.6 Å². The summed E-state index contributed by atoms with van der Waals surface area (Å²) >= 11 is 0. The maximum Gasteiger partial charge on any atom is 0.294 e. The summed E-state index contributed by atoms with van der Waals surface area (Å²) in [7, 11) is -7.19. The highest BCUT2D eigenvalue weighted by Gasteiger charge is 2.40. The number of ether oxygens (including phenoxy) is 3. The van der Waals surface area contributed by atoms with Crippen molar-refractivity contribution in [1.29, 1.82) is 0 Å². The molecule has 1 aliphatic heterocycles. The zero-order chi connectivity index (χ0) is 33.6. The number of anilines is 1. The normalized spacial score (nSPS) is 17.2. The summed E-state index contributed by atoms with van der Waals surface area (Å²) in [5, 5.41) is 0. The summed E-state index contributed by atoms with van der Waals surface area (Å²) < 4.78 is 83.4. The van der Waals surface area contributed by atoms with Crippen LogP contribution in [0.25, 0.3) is 0 Å². The van der Waals surface area contributed by atoms with Gasteiger partial charge in [0.15, 0.2) is 0 Å². The van der Waals surface area contributed by atoms with Crippen LogP contribution in [-0.2, 0) is 45.3 Å². The molecule has 2 N–H and O–H groups in total. The molecule has 0 radical (unpaired) electrons. The van der Waals surface area contributed by atoms with E-state index in [1.165, 1.54) is 24.3 Å². The molecule has 3 rings (SSSR count). The van der Waals surface area contributed by atoms with Gasteiger partial charge in [-0.3, -0.25) is 9.11 Å². The van der Waals surface area contributed by atoms with E-state index < -0.39 is 31.1 Å². The number of allylic oxidation sites excluding steroid dienone is 5. The van der Waals surface area contributed by atoms with E-state index in [1.54, 1.807) is 19.2 Å². The van der Waals surface area contributed by atoms with E-state index in [0.29, 0.717) is 57.1 Å². The Morgan fingerprint density at radius 2 is 1.53 bits per heavy atom. The zero-order valence-electron chi connectivity index (χ0n) is 26.9. The monoisotopic (exact) mass is 663 g/mol. The van der Waals surface area contributed by atoms with Crippen LogP contribution in [0.3, 0.4) is 0 Å². The van der Waals surface area contributed by atoms with E-state index in [-0.39, 0.29) is 9.79 Å². The molecule has 10 nitrogen and oxygen atoms in total. The van der Waals surface area contributed by atoms with Crippen LogP contribution in [0.2, 0.25) is 0 Å². The molecule has 0 aliphatic carbocycles. The van der Waals surface area contributed by atoms with Gasteiger partial charge in [-0.2, -0.15) is 16.8 Å². The molecule has 0 saturated heterocycles. The van der Waals surface area contributed by atoms with Gasteiger partial charge in [0.05, 0.1) is 36.2 Å². The van der Waals surface area contributed by atoms with Crippen LogP contribution in [0.4, 0.5) is 5.69 Å². The van der Waals surface area contributed by atoms with Crippen molar-refractivity contribution < 1.29 is 40.2 Å². The zero-order valence-corrected chi connectivity index (χ0v) is 28.5. The van der Waals surface area contributed by atoms with E-state index >= 15 is 0 Å². The molecule has 2 aromatic carbocycles. The number of likely N-dealkylation sites (N-methyl/N-ethyl adjacent to an activating group) is 1. The average Bonchev–Trinajstić information content (AvgIpc) is 3.18. The molecule has 45 heavy (non-hydrogen) atoms. The maximum absolute atomic E-state index is 12.0.